The second kappa shape index (κ2) is 4.54. The molecule has 0 bridgehead atoms. The van der Waals surface area contributed by atoms with E-state index in [1.807, 2.05) is 36.4 Å². The lowest BCUT2D eigenvalue weighted by Crippen LogP contribution is -2.11. The highest BCUT2D eigenvalue weighted by molar-refractivity contribution is 7.81. The van der Waals surface area contributed by atoms with Gasteiger partial charge in [-0.25, -0.2) is 4.98 Å². The van der Waals surface area contributed by atoms with E-state index in [1.165, 1.54) is 0 Å². The van der Waals surface area contributed by atoms with Crippen molar-refractivity contribution in [2.75, 3.05) is 5.32 Å². The number of nitrogens with one attached hydrogen (secondary N) is 2. The van der Waals surface area contributed by atoms with Crippen molar-refractivity contribution in [3.63, 3.8) is 0 Å². The first kappa shape index (κ1) is 10.9. The molecule has 18 heavy (non-hydrogen) atoms. The Morgan fingerprint density at radius 3 is 2.67 bits per heavy atom. The van der Waals surface area contributed by atoms with Crippen LogP contribution in [0.5, 0.6) is 0 Å². The summed E-state index contributed by atoms with van der Waals surface area (Å²) in [4.78, 5) is 12.2. The lowest BCUT2D eigenvalue weighted by molar-refractivity contribution is 1.31. The molecule has 0 atom stereocenters. The molecular weight excluding hydrogens is 244 g/mol. The van der Waals surface area contributed by atoms with Gasteiger partial charge in [0.15, 0.2) is 0 Å². The minimum Gasteiger partial charge on any atom is -0.324 e. The third-order valence-electron chi connectivity index (χ3n) is 2.56. The van der Waals surface area contributed by atoms with Crippen molar-refractivity contribution in [2.45, 2.75) is 0 Å². The minimum absolute atomic E-state index is 0.622. The van der Waals surface area contributed by atoms with Crippen molar-refractivity contribution in [3.8, 4) is 0 Å². The molecule has 3 rings (SSSR count). The molecule has 0 unspecified atom stereocenters. The van der Waals surface area contributed by atoms with Gasteiger partial charge >= 0.3 is 0 Å². The van der Waals surface area contributed by atoms with Crippen molar-refractivity contribution >= 4 is 34.2 Å². The SMILES string of the molecule is S=C(Nc1nc2ccccc2[nH]1)c1ccncc1. The number of aromatic nitrogens is 3. The van der Waals surface area contributed by atoms with Crippen LogP contribution in [0.4, 0.5) is 5.95 Å². The minimum atomic E-state index is 0.622. The molecule has 0 spiro atoms. The number of hydrogen-bond acceptors (Lipinski definition) is 3. The number of hydrogen-bond donors (Lipinski definition) is 2. The lowest BCUT2D eigenvalue weighted by atomic mass is 10.3. The van der Waals surface area contributed by atoms with Crippen LogP contribution in [0.3, 0.4) is 0 Å². The van der Waals surface area contributed by atoms with Gasteiger partial charge in [0.25, 0.3) is 0 Å². The zero-order chi connectivity index (χ0) is 12.4. The number of nitrogens with zero attached hydrogens (tertiary/aromatic N) is 2. The van der Waals surface area contributed by atoms with Crippen LogP contribution in [-0.2, 0) is 0 Å². The van der Waals surface area contributed by atoms with Crippen LogP contribution < -0.4 is 5.32 Å². The highest BCUT2D eigenvalue weighted by Gasteiger charge is 2.05. The number of imidazole rings is 1. The maximum Gasteiger partial charge on any atom is 0.206 e. The van der Waals surface area contributed by atoms with Gasteiger partial charge in [-0.1, -0.05) is 24.4 Å². The van der Waals surface area contributed by atoms with E-state index < -0.39 is 0 Å². The number of H-pyrrole nitrogens is 1. The molecule has 0 saturated heterocycles. The summed E-state index contributed by atoms with van der Waals surface area (Å²) in [5.74, 6) is 0.651. The van der Waals surface area contributed by atoms with Crippen molar-refractivity contribution < 1.29 is 0 Å². The predicted octanol–water partition coefficient (Wildman–Crippen LogP) is 2.75. The number of fused-ring (bicyclic) bond motifs is 1. The maximum absolute atomic E-state index is 5.31. The van der Waals surface area contributed by atoms with Crippen LogP contribution in [0.25, 0.3) is 11.0 Å². The molecule has 0 fully saturated rings. The molecule has 3 aromatic rings. The van der Waals surface area contributed by atoms with E-state index in [2.05, 4.69) is 20.3 Å². The first-order valence-corrected chi connectivity index (χ1v) is 5.90. The summed E-state index contributed by atoms with van der Waals surface area (Å²) in [5, 5.41) is 3.08. The van der Waals surface area contributed by atoms with Gasteiger partial charge < -0.3 is 10.3 Å². The summed E-state index contributed by atoms with van der Waals surface area (Å²) in [6.07, 6.45) is 3.42. The molecule has 2 N–H and O–H groups in total. The van der Waals surface area contributed by atoms with E-state index >= 15 is 0 Å². The first-order chi connectivity index (χ1) is 8.83. The van der Waals surface area contributed by atoms with Crippen molar-refractivity contribution in [1.82, 2.24) is 15.0 Å². The molecule has 2 heterocycles. The summed E-state index contributed by atoms with van der Waals surface area (Å²) in [5.41, 5.74) is 2.82. The van der Waals surface area contributed by atoms with Gasteiger partial charge in [-0.2, -0.15) is 0 Å². The first-order valence-electron chi connectivity index (χ1n) is 5.49. The summed E-state index contributed by atoms with van der Waals surface area (Å²) in [6.45, 7) is 0. The van der Waals surface area contributed by atoms with E-state index in [9.17, 15) is 0 Å². The third kappa shape index (κ3) is 2.08. The molecule has 0 aliphatic heterocycles. The van der Waals surface area contributed by atoms with E-state index in [0.29, 0.717) is 10.9 Å². The molecule has 5 heteroatoms. The molecule has 0 amide bonds. The Kier molecular flexibility index (Phi) is 2.74. The molecule has 0 saturated carbocycles. The highest BCUT2D eigenvalue weighted by Crippen LogP contribution is 2.14. The van der Waals surface area contributed by atoms with Crippen molar-refractivity contribution in [1.29, 1.82) is 0 Å². The zero-order valence-corrected chi connectivity index (χ0v) is 10.2. The molecule has 0 aliphatic rings. The number of para-hydroxylation sites is 2. The Bertz CT molecular complexity index is 657. The third-order valence-corrected chi connectivity index (χ3v) is 2.90. The average Bonchev–Trinajstić information content (AvgIpc) is 2.82. The van der Waals surface area contributed by atoms with Crippen LogP contribution >= 0.6 is 12.2 Å². The van der Waals surface area contributed by atoms with Crippen LogP contribution in [0.15, 0.2) is 48.8 Å². The Morgan fingerprint density at radius 2 is 1.89 bits per heavy atom. The Hall–Kier alpha value is -2.27. The smallest absolute Gasteiger partial charge is 0.206 e. The molecule has 1 aromatic carbocycles. The molecule has 0 aliphatic carbocycles. The fourth-order valence-corrected chi connectivity index (χ4v) is 1.93. The summed E-state index contributed by atoms with van der Waals surface area (Å²) in [6, 6.07) is 11.6. The Labute approximate surface area is 109 Å². The van der Waals surface area contributed by atoms with Gasteiger partial charge in [-0.15, -0.1) is 0 Å². The molecule has 88 valence electrons. The second-order valence-corrected chi connectivity index (χ2v) is 4.20. The van der Waals surface area contributed by atoms with E-state index in [4.69, 9.17) is 12.2 Å². The topological polar surface area (TPSA) is 53.6 Å². The quantitative estimate of drug-likeness (QED) is 0.690. The van der Waals surface area contributed by atoms with Crippen LogP contribution in [0, 0.1) is 0 Å². The lowest BCUT2D eigenvalue weighted by Gasteiger charge is -2.03. The largest absolute Gasteiger partial charge is 0.324 e. The zero-order valence-electron chi connectivity index (χ0n) is 9.42. The number of anilines is 1. The number of benzene rings is 1. The monoisotopic (exact) mass is 254 g/mol. The van der Waals surface area contributed by atoms with Crippen LogP contribution in [0.2, 0.25) is 0 Å². The number of rotatable bonds is 2. The van der Waals surface area contributed by atoms with E-state index in [-0.39, 0.29) is 0 Å². The van der Waals surface area contributed by atoms with Crippen molar-refractivity contribution in [3.05, 3.63) is 54.4 Å². The predicted molar refractivity (Wildman–Crippen MR) is 75.7 cm³/mol. The number of pyridine rings is 1. The summed E-state index contributed by atoms with van der Waals surface area (Å²) >= 11 is 5.31. The van der Waals surface area contributed by atoms with Gasteiger partial charge in [0.1, 0.15) is 4.99 Å². The fraction of sp³-hybridized carbons (Fsp3) is 0. The average molecular weight is 254 g/mol. The Morgan fingerprint density at radius 1 is 1.11 bits per heavy atom. The van der Waals surface area contributed by atoms with E-state index in [0.717, 1.165) is 16.6 Å². The summed E-state index contributed by atoms with van der Waals surface area (Å²) in [7, 11) is 0. The summed E-state index contributed by atoms with van der Waals surface area (Å²) < 4.78 is 0. The fourth-order valence-electron chi connectivity index (χ4n) is 1.69. The number of thiocarbonyl (C=S) groups is 1. The van der Waals surface area contributed by atoms with E-state index in [1.54, 1.807) is 12.4 Å². The Balaban J connectivity index is 1.86. The van der Waals surface area contributed by atoms with Crippen molar-refractivity contribution in [2.24, 2.45) is 0 Å². The normalized spacial score (nSPS) is 10.4. The highest BCUT2D eigenvalue weighted by atomic mass is 32.1. The molecular formula is C13H10N4S. The van der Waals surface area contributed by atoms with Crippen LogP contribution in [0.1, 0.15) is 5.56 Å². The standard InChI is InChI=1S/C13H10N4S/c18-12(9-5-7-14-8-6-9)17-13-15-10-3-1-2-4-11(10)16-13/h1-8H,(H2,15,16,17,18). The second-order valence-electron chi connectivity index (χ2n) is 3.79. The van der Waals surface area contributed by atoms with Gasteiger partial charge in [0, 0.05) is 18.0 Å². The molecule has 2 aromatic heterocycles. The van der Waals surface area contributed by atoms with Crippen LogP contribution in [-0.4, -0.2) is 19.9 Å². The van der Waals surface area contributed by atoms with Gasteiger partial charge in [0.05, 0.1) is 11.0 Å². The molecule has 0 radical (unpaired) electrons. The van der Waals surface area contributed by atoms with Gasteiger partial charge in [0.2, 0.25) is 5.95 Å². The van der Waals surface area contributed by atoms with Gasteiger partial charge in [-0.3, -0.25) is 4.98 Å². The maximum atomic E-state index is 5.31. The number of aromatic amines is 1. The van der Waals surface area contributed by atoms with Gasteiger partial charge in [-0.05, 0) is 24.3 Å². The molecule has 4 nitrogen and oxygen atoms in total.